The monoisotopic (exact) mass is 396 g/mol. The number of ether oxygens (including phenoxy) is 2. The third-order valence-electron chi connectivity index (χ3n) is 3.96. The Balaban J connectivity index is 1.76. The van der Waals surface area contributed by atoms with Gasteiger partial charge in [-0.2, -0.15) is 8.42 Å². The summed E-state index contributed by atoms with van der Waals surface area (Å²) in [5.41, 5.74) is 1.75. The van der Waals surface area contributed by atoms with Gasteiger partial charge in [0.25, 0.3) is 0 Å². The molecular weight excluding hydrogens is 376 g/mol. The maximum Gasteiger partial charge on any atom is 0.339 e. The summed E-state index contributed by atoms with van der Waals surface area (Å²) in [5, 5.41) is 0. The maximum absolute atomic E-state index is 12.4. The standard InChI is InChI=1S/C22H20O5S/c1-25-20-14-18(15-21(16-20)26-2)9-8-17-10-12-22(13-11-17)28(23,24)27-19-6-4-3-5-7-19/h3-16H,1-2H3. The van der Waals surface area contributed by atoms with Crippen LogP contribution >= 0.6 is 0 Å². The fraction of sp³-hybridized carbons (Fsp3) is 0.0909. The average Bonchev–Trinajstić information content (AvgIpc) is 2.72. The summed E-state index contributed by atoms with van der Waals surface area (Å²) in [7, 11) is -0.680. The lowest BCUT2D eigenvalue weighted by atomic mass is 10.1. The highest BCUT2D eigenvalue weighted by Crippen LogP contribution is 2.24. The summed E-state index contributed by atoms with van der Waals surface area (Å²) in [6.07, 6.45) is 3.78. The number of para-hydroxylation sites is 1. The van der Waals surface area contributed by atoms with Gasteiger partial charge in [-0.05, 0) is 47.5 Å². The molecule has 0 aliphatic heterocycles. The van der Waals surface area contributed by atoms with Gasteiger partial charge >= 0.3 is 10.1 Å². The van der Waals surface area contributed by atoms with Crippen molar-refractivity contribution >= 4 is 22.3 Å². The molecule has 0 radical (unpaired) electrons. The molecule has 0 unspecified atom stereocenters. The van der Waals surface area contributed by atoms with Crippen LogP contribution in [0.1, 0.15) is 11.1 Å². The molecule has 0 aromatic heterocycles. The van der Waals surface area contributed by atoms with Crippen molar-refractivity contribution in [2.45, 2.75) is 4.90 Å². The molecule has 0 spiro atoms. The summed E-state index contributed by atoms with van der Waals surface area (Å²) in [5.74, 6) is 1.66. The lowest BCUT2D eigenvalue weighted by Crippen LogP contribution is -2.09. The molecule has 0 aliphatic carbocycles. The smallest absolute Gasteiger partial charge is 0.339 e. The largest absolute Gasteiger partial charge is 0.497 e. The van der Waals surface area contributed by atoms with Gasteiger partial charge < -0.3 is 13.7 Å². The number of hydrogen-bond acceptors (Lipinski definition) is 5. The summed E-state index contributed by atoms with van der Waals surface area (Å²) in [6.45, 7) is 0. The van der Waals surface area contributed by atoms with Crippen molar-refractivity contribution in [3.63, 3.8) is 0 Å². The molecule has 0 aliphatic rings. The second-order valence-electron chi connectivity index (χ2n) is 5.90. The van der Waals surface area contributed by atoms with Gasteiger partial charge in [0.15, 0.2) is 0 Å². The molecule has 0 N–H and O–H groups in total. The predicted molar refractivity (Wildman–Crippen MR) is 109 cm³/mol. The van der Waals surface area contributed by atoms with Gasteiger partial charge in [0.2, 0.25) is 0 Å². The van der Waals surface area contributed by atoms with Crippen molar-refractivity contribution < 1.29 is 22.1 Å². The molecule has 0 heterocycles. The van der Waals surface area contributed by atoms with E-state index in [1.165, 1.54) is 12.1 Å². The highest BCUT2D eigenvalue weighted by molar-refractivity contribution is 7.87. The van der Waals surface area contributed by atoms with Crippen molar-refractivity contribution in [3.05, 3.63) is 83.9 Å². The van der Waals surface area contributed by atoms with Crippen LogP contribution in [0.3, 0.4) is 0 Å². The van der Waals surface area contributed by atoms with Crippen molar-refractivity contribution in [2.24, 2.45) is 0 Å². The van der Waals surface area contributed by atoms with Crippen LogP contribution in [0, 0.1) is 0 Å². The predicted octanol–water partition coefficient (Wildman–Crippen LogP) is 4.64. The van der Waals surface area contributed by atoms with Crippen molar-refractivity contribution in [1.82, 2.24) is 0 Å². The van der Waals surface area contributed by atoms with Gasteiger partial charge in [0.1, 0.15) is 22.1 Å². The quantitative estimate of drug-likeness (QED) is 0.430. The fourth-order valence-corrected chi connectivity index (χ4v) is 3.44. The second kappa shape index (κ2) is 8.63. The molecule has 5 nitrogen and oxygen atoms in total. The Bertz CT molecular complexity index is 1030. The van der Waals surface area contributed by atoms with Gasteiger partial charge in [-0.25, -0.2) is 0 Å². The molecular formula is C22H20O5S. The van der Waals surface area contributed by atoms with E-state index in [2.05, 4.69) is 0 Å². The summed E-state index contributed by atoms with van der Waals surface area (Å²) in [4.78, 5) is 0.0940. The van der Waals surface area contributed by atoms with E-state index in [1.807, 2.05) is 24.3 Å². The second-order valence-corrected chi connectivity index (χ2v) is 7.45. The number of benzene rings is 3. The Morgan fingerprint density at radius 3 is 1.82 bits per heavy atom. The van der Waals surface area contributed by atoms with E-state index < -0.39 is 10.1 Å². The Morgan fingerprint density at radius 1 is 0.679 bits per heavy atom. The Morgan fingerprint density at radius 2 is 1.25 bits per heavy atom. The highest BCUT2D eigenvalue weighted by Gasteiger charge is 2.16. The first-order chi connectivity index (χ1) is 13.5. The van der Waals surface area contributed by atoms with Crippen LogP contribution in [0.5, 0.6) is 17.2 Å². The molecule has 0 amide bonds. The van der Waals surface area contributed by atoms with Gasteiger partial charge in [0.05, 0.1) is 14.2 Å². The number of rotatable bonds is 7. The summed E-state index contributed by atoms with van der Waals surface area (Å²) in [6, 6.07) is 20.4. The normalized spacial score (nSPS) is 11.4. The Hall–Kier alpha value is -3.25. The zero-order chi connectivity index (χ0) is 20.0. The topological polar surface area (TPSA) is 61.8 Å². The molecule has 3 aromatic rings. The van der Waals surface area contributed by atoms with Crippen LogP contribution in [-0.2, 0) is 10.1 Å². The van der Waals surface area contributed by atoms with Gasteiger partial charge in [-0.1, -0.05) is 42.5 Å². The zero-order valence-electron chi connectivity index (χ0n) is 15.5. The van der Waals surface area contributed by atoms with Crippen molar-refractivity contribution in [1.29, 1.82) is 0 Å². The SMILES string of the molecule is COc1cc(C=Cc2ccc(S(=O)(=O)Oc3ccccc3)cc2)cc(OC)c1. The van der Waals surface area contributed by atoms with E-state index in [9.17, 15) is 8.42 Å². The summed E-state index contributed by atoms with van der Waals surface area (Å²) < 4.78 is 40.4. The minimum absolute atomic E-state index is 0.0940. The Labute approximate surface area is 164 Å². The first-order valence-electron chi connectivity index (χ1n) is 8.51. The fourth-order valence-electron chi connectivity index (χ4n) is 2.51. The lowest BCUT2D eigenvalue weighted by Gasteiger charge is -2.07. The first-order valence-corrected chi connectivity index (χ1v) is 9.92. The van der Waals surface area contributed by atoms with Crippen LogP contribution in [0.4, 0.5) is 0 Å². The van der Waals surface area contributed by atoms with Gasteiger partial charge in [-0.3, -0.25) is 0 Å². The number of hydrogen-bond donors (Lipinski definition) is 0. The van der Waals surface area contributed by atoms with Crippen LogP contribution in [0.25, 0.3) is 12.2 Å². The minimum atomic E-state index is -3.87. The summed E-state index contributed by atoms with van der Waals surface area (Å²) >= 11 is 0. The van der Waals surface area contributed by atoms with Crippen LogP contribution in [0.15, 0.2) is 77.7 Å². The molecule has 3 aromatic carbocycles. The molecule has 0 saturated heterocycles. The van der Waals surface area contributed by atoms with E-state index in [0.717, 1.165) is 11.1 Å². The molecule has 0 bridgehead atoms. The number of methoxy groups -OCH3 is 2. The van der Waals surface area contributed by atoms with E-state index in [0.29, 0.717) is 11.5 Å². The van der Waals surface area contributed by atoms with E-state index >= 15 is 0 Å². The van der Waals surface area contributed by atoms with Crippen LogP contribution in [0.2, 0.25) is 0 Å². The lowest BCUT2D eigenvalue weighted by molar-refractivity contribution is 0.394. The molecule has 144 valence electrons. The average molecular weight is 396 g/mol. The minimum Gasteiger partial charge on any atom is -0.497 e. The molecule has 0 atom stereocenters. The van der Waals surface area contributed by atoms with Crippen molar-refractivity contribution in [2.75, 3.05) is 14.2 Å². The van der Waals surface area contributed by atoms with Crippen molar-refractivity contribution in [3.8, 4) is 17.2 Å². The molecule has 6 heteroatoms. The third kappa shape index (κ3) is 4.92. The van der Waals surface area contributed by atoms with Gasteiger partial charge in [0, 0.05) is 6.07 Å². The Kier molecular flexibility index (Phi) is 6.01. The molecule has 28 heavy (non-hydrogen) atoms. The maximum atomic E-state index is 12.4. The molecule has 0 fully saturated rings. The van der Waals surface area contributed by atoms with Crippen LogP contribution < -0.4 is 13.7 Å². The van der Waals surface area contributed by atoms with E-state index in [1.54, 1.807) is 62.8 Å². The highest BCUT2D eigenvalue weighted by atomic mass is 32.2. The van der Waals surface area contributed by atoms with E-state index in [-0.39, 0.29) is 10.6 Å². The first kappa shape index (κ1) is 19.5. The third-order valence-corrected chi connectivity index (χ3v) is 5.22. The zero-order valence-corrected chi connectivity index (χ0v) is 16.3. The van der Waals surface area contributed by atoms with E-state index in [4.69, 9.17) is 13.7 Å². The molecule has 0 saturated carbocycles. The van der Waals surface area contributed by atoms with Gasteiger partial charge in [-0.15, -0.1) is 0 Å². The molecule has 3 rings (SSSR count). The van der Waals surface area contributed by atoms with Crippen LogP contribution in [-0.4, -0.2) is 22.6 Å².